The predicted molar refractivity (Wildman–Crippen MR) is 177 cm³/mol. The Morgan fingerprint density at radius 1 is 0.476 bits per heavy atom. The molecule has 0 nitrogen and oxygen atoms in total. The van der Waals surface area contributed by atoms with Crippen molar-refractivity contribution < 1.29 is 0 Å². The van der Waals surface area contributed by atoms with E-state index in [2.05, 4.69) is 134 Å². The smallest absolute Gasteiger partial charge is 0.0211 e. The van der Waals surface area contributed by atoms with Crippen LogP contribution in [0.1, 0.15) is 24.0 Å². The fourth-order valence-electron chi connectivity index (χ4n) is 8.65. The number of hydrogen-bond acceptors (Lipinski definition) is 0. The Labute approximate surface area is 246 Å². The normalized spacial score (nSPS) is 21.0. The SMILES string of the molecule is C1=CC2=C(CC1)C1=CC=C3c4cc5c(-c6ccccc6)c6ccccc6c(-c6ccccc6)c5cc4C4=CC=C2C1C43. The van der Waals surface area contributed by atoms with Crippen LogP contribution in [0.3, 0.4) is 0 Å². The van der Waals surface area contributed by atoms with Gasteiger partial charge in [-0.05, 0) is 113 Å². The highest BCUT2D eigenvalue weighted by Gasteiger charge is 2.47. The molecule has 0 aromatic heterocycles. The van der Waals surface area contributed by atoms with Crippen LogP contribution in [0.25, 0.3) is 54.9 Å². The van der Waals surface area contributed by atoms with Gasteiger partial charge in [-0.2, -0.15) is 0 Å². The third-order valence-electron chi connectivity index (χ3n) is 10.3. The van der Waals surface area contributed by atoms with Crippen LogP contribution in [0.4, 0.5) is 0 Å². The summed E-state index contributed by atoms with van der Waals surface area (Å²) < 4.78 is 0. The summed E-state index contributed by atoms with van der Waals surface area (Å²) in [5.74, 6) is 0.861. The summed E-state index contributed by atoms with van der Waals surface area (Å²) in [5.41, 5.74) is 17.2. The van der Waals surface area contributed by atoms with Gasteiger partial charge in [-0.1, -0.05) is 121 Å². The molecular weight excluding hydrogens is 504 g/mol. The predicted octanol–water partition coefficient (Wildman–Crippen LogP) is 10.9. The van der Waals surface area contributed by atoms with Crippen molar-refractivity contribution in [1.29, 1.82) is 0 Å². The molecule has 0 amide bonds. The molecule has 5 aliphatic rings. The van der Waals surface area contributed by atoms with Gasteiger partial charge in [0.05, 0.1) is 0 Å². The van der Waals surface area contributed by atoms with Crippen LogP contribution in [0, 0.1) is 11.8 Å². The van der Waals surface area contributed by atoms with Gasteiger partial charge < -0.3 is 0 Å². The Morgan fingerprint density at radius 2 is 0.976 bits per heavy atom. The van der Waals surface area contributed by atoms with Crippen molar-refractivity contribution in [2.45, 2.75) is 12.8 Å². The van der Waals surface area contributed by atoms with Crippen molar-refractivity contribution in [3.63, 3.8) is 0 Å². The van der Waals surface area contributed by atoms with E-state index in [9.17, 15) is 0 Å². The van der Waals surface area contributed by atoms with E-state index in [1.807, 2.05) is 0 Å². The molecule has 42 heavy (non-hydrogen) atoms. The Hall–Kier alpha value is -4.94. The lowest BCUT2D eigenvalue weighted by Crippen LogP contribution is -2.20. The van der Waals surface area contributed by atoms with E-state index < -0.39 is 0 Å². The highest BCUT2D eigenvalue weighted by molar-refractivity contribution is 6.23. The summed E-state index contributed by atoms with van der Waals surface area (Å²) in [7, 11) is 0. The quantitative estimate of drug-likeness (QED) is 0.198. The zero-order valence-electron chi connectivity index (χ0n) is 23.3. The second-order valence-electron chi connectivity index (χ2n) is 12.2. The molecule has 0 bridgehead atoms. The average Bonchev–Trinajstić information content (AvgIpc) is 3.55. The Bertz CT molecular complexity index is 2210. The first-order chi connectivity index (χ1) is 20.9. The first-order valence-electron chi connectivity index (χ1n) is 15.2. The molecular formula is C42H28. The molecule has 0 saturated carbocycles. The second kappa shape index (κ2) is 8.30. The van der Waals surface area contributed by atoms with Crippen LogP contribution in [-0.2, 0) is 0 Å². The first kappa shape index (κ1) is 22.7. The van der Waals surface area contributed by atoms with Crippen LogP contribution in [-0.4, -0.2) is 0 Å². The van der Waals surface area contributed by atoms with E-state index in [1.54, 1.807) is 11.1 Å². The van der Waals surface area contributed by atoms with Crippen LogP contribution in [0.5, 0.6) is 0 Å². The molecule has 5 aromatic carbocycles. The largest absolute Gasteiger partial charge is 0.0836 e. The molecule has 5 aromatic rings. The molecule has 0 saturated heterocycles. The molecule has 5 aliphatic carbocycles. The maximum atomic E-state index is 2.54. The molecule has 0 radical (unpaired) electrons. The molecule has 0 heteroatoms. The minimum absolute atomic E-state index is 0.408. The van der Waals surface area contributed by atoms with Gasteiger partial charge in [0, 0.05) is 11.8 Å². The number of hydrogen-bond donors (Lipinski definition) is 0. The standard InChI is InChI=1S/C42H28/c1-3-11-25(12-4-1)39-29-17-9-10-18-30(29)40(26-13-5-2-6-14-26)38-24-36-34-22-20-32-28-16-8-7-15-27(28)31-19-21-33(42(34)41(31)32)35(36)23-37(38)39/h1-7,9-15,17-24,41-42H,8,16H2. The van der Waals surface area contributed by atoms with E-state index in [1.165, 1.54) is 83.6 Å². The van der Waals surface area contributed by atoms with Crippen LogP contribution >= 0.6 is 0 Å². The lowest BCUT2D eigenvalue weighted by molar-refractivity contribution is 0.659. The van der Waals surface area contributed by atoms with E-state index in [-0.39, 0.29) is 0 Å². The maximum Gasteiger partial charge on any atom is 0.0211 e. The Kier molecular flexibility index (Phi) is 4.49. The first-order valence-corrected chi connectivity index (χ1v) is 15.2. The lowest BCUT2D eigenvalue weighted by atomic mass is 9.71. The van der Waals surface area contributed by atoms with Crippen molar-refractivity contribution in [3.05, 3.63) is 167 Å². The van der Waals surface area contributed by atoms with Gasteiger partial charge in [-0.15, -0.1) is 0 Å². The van der Waals surface area contributed by atoms with Gasteiger partial charge in [0.2, 0.25) is 0 Å². The highest BCUT2D eigenvalue weighted by atomic mass is 14.5. The fourth-order valence-corrected chi connectivity index (χ4v) is 8.65. The molecule has 0 N–H and O–H groups in total. The van der Waals surface area contributed by atoms with E-state index in [0.29, 0.717) is 11.8 Å². The average molecular weight is 533 g/mol. The van der Waals surface area contributed by atoms with Crippen molar-refractivity contribution >= 4 is 32.7 Å². The van der Waals surface area contributed by atoms with Crippen molar-refractivity contribution in [2.24, 2.45) is 11.8 Å². The van der Waals surface area contributed by atoms with E-state index >= 15 is 0 Å². The molecule has 0 spiro atoms. The van der Waals surface area contributed by atoms with Crippen LogP contribution in [0.15, 0.2) is 156 Å². The molecule has 196 valence electrons. The van der Waals surface area contributed by atoms with Crippen LogP contribution < -0.4 is 0 Å². The lowest BCUT2D eigenvalue weighted by Gasteiger charge is -2.31. The van der Waals surface area contributed by atoms with E-state index in [0.717, 1.165) is 6.42 Å². The third kappa shape index (κ3) is 2.87. The van der Waals surface area contributed by atoms with Gasteiger partial charge in [-0.25, -0.2) is 0 Å². The minimum Gasteiger partial charge on any atom is -0.0836 e. The summed E-state index contributed by atoms with van der Waals surface area (Å²) in [6.45, 7) is 0. The summed E-state index contributed by atoms with van der Waals surface area (Å²) in [4.78, 5) is 0. The van der Waals surface area contributed by atoms with Gasteiger partial charge >= 0.3 is 0 Å². The zero-order valence-corrected chi connectivity index (χ0v) is 23.3. The highest BCUT2D eigenvalue weighted by Crippen LogP contribution is 2.62. The second-order valence-corrected chi connectivity index (χ2v) is 12.2. The van der Waals surface area contributed by atoms with Gasteiger partial charge in [0.1, 0.15) is 0 Å². The monoisotopic (exact) mass is 532 g/mol. The summed E-state index contributed by atoms with van der Waals surface area (Å²) in [5, 5.41) is 5.31. The minimum atomic E-state index is 0.408. The Morgan fingerprint density at radius 3 is 1.57 bits per heavy atom. The number of benzene rings is 5. The summed E-state index contributed by atoms with van der Waals surface area (Å²) in [6.07, 6.45) is 16.9. The van der Waals surface area contributed by atoms with Gasteiger partial charge in [0.25, 0.3) is 0 Å². The Balaban J connectivity index is 1.33. The zero-order chi connectivity index (χ0) is 27.4. The molecule has 0 fully saturated rings. The van der Waals surface area contributed by atoms with Crippen LogP contribution in [0.2, 0.25) is 0 Å². The topological polar surface area (TPSA) is 0 Å². The van der Waals surface area contributed by atoms with Gasteiger partial charge in [0.15, 0.2) is 0 Å². The van der Waals surface area contributed by atoms with Crippen molar-refractivity contribution in [3.8, 4) is 22.3 Å². The number of rotatable bonds is 2. The maximum absolute atomic E-state index is 2.54. The number of allylic oxidation sites excluding steroid dienone is 12. The van der Waals surface area contributed by atoms with Gasteiger partial charge in [-0.3, -0.25) is 0 Å². The third-order valence-corrected chi connectivity index (χ3v) is 10.3. The van der Waals surface area contributed by atoms with E-state index in [4.69, 9.17) is 0 Å². The molecule has 0 heterocycles. The molecule has 10 rings (SSSR count). The fraction of sp³-hybridized carbons (Fsp3) is 0.0952. The summed E-state index contributed by atoms with van der Waals surface area (Å²) >= 11 is 0. The molecule has 2 atom stereocenters. The van der Waals surface area contributed by atoms with Crippen molar-refractivity contribution in [2.75, 3.05) is 0 Å². The van der Waals surface area contributed by atoms with Crippen molar-refractivity contribution in [1.82, 2.24) is 0 Å². The molecule has 2 unspecified atom stereocenters. The molecule has 0 aliphatic heterocycles. The summed E-state index contributed by atoms with van der Waals surface area (Å²) in [6, 6.07) is 36.1. The number of fused-ring (bicyclic) bond motifs is 7.